The van der Waals surface area contributed by atoms with Crippen molar-refractivity contribution in [3.05, 3.63) is 22.3 Å². The highest BCUT2D eigenvalue weighted by molar-refractivity contribution is 7.19. The summed E-state index contributed by atoms with van der Waals surface area (Å²) in [4.78, 5) is 22.9. The zero-order valence-corrected chi connectivity index (χ0v) is 17.4. The van der Waals surface area contributed by atoms with Gasteiger partial charge in [-0.3, -0.25) is 9.98 Å². The number of hydrogen-bond donors (Lipinski definition) is 0. The van der Waals surface area contributed by atoms with Crippen LogP contribution < -0.4 is 0 Å². The molecule has 142 valence electrons. The van der Waals surface area contributed by atoms with Crippen molar-refractivity contribution >= 4 is 40.7 Å². The van der Waals surface area contributed by atoms with Crippen molar-refractivity contribution in [1.29, 1.82) is 0 Å². The number of rotatable bonds is 5. The molecule has 2 aromatic rings. The van der Waals surface area contributed by atoms with Crippen molar-refractivity contribution < 1.29 is 0 Å². The number of hydrogen-bond acceptors (Lipinski definition) is 7. The van der Waals surface area contributed by atoms with Crippen LogP contribution in [-0.4, -0.2) is 55.8 Å². The second kappa shape index (κ2) is 7.16. The highest BCUT2D eigenvalue weighted by Crippen LogP contribution is 2.36. The van der Waals surface area contributed by atoms with E-state index in [0.29, 0.717) is 11.1 Å². The first-order valence-electron chi connectivity index (χ1n) is 9.10. The third kappa shape index (κ3) is 3.10. The van der Waals surface area contributed by atoms with Crippen molar-refractivity contribution in [2.75, 3.05) is 0 Å². The number of nitrogens with zero attached hydrogens (tertiary/aromatic N) is 7. The van der Waals surface area contributed by atoms with Gasteiger partial charge in [0.1, 0.15) is 6.33 Å². The molecule has 0 spiro atoms. The molecule has 0 aromatic carbocycles. The van der Waals surface area contributed by atoms with E-state index in [1.165, 1.54) is 6.33 Å². The minimum Gasteiger partial charge on any atom is -0.334 e. The molecule has 27 heavy (non-hydrogen) atoms. The number of aryl methyl sites for hydroxylation is 1. The fraction of sp³-hybridized carbons (Fsp3) is 0.500. The summed E-state index contributed by atoms with van der Waals surface area (Å²) in [6.45, 7) is 6.39. The van der Waals surface area contributed by atoms with Crippen LogP contribution in [0.2, 0.25) is 5.02 Å². The fourth-order valence-electron chi connectivity index (χ4n) is 3.57. The van der Waals surface area contributed by atoms with Crippen LogP contribution in [0.25, 0.3) is 10.7 Å². The Morgan fingerprint density at radius 2 is 2.04 bits per heavy atom. The van der Waals surface area contributed by atoms with E-state index in [9.17, 15) is 0 Å². The van der Waals surface area contributed by atoms with Crippen molar-refractivity contribution in [2.45, 2.75) is 52.0 Å². The van der Waals surface area contributed by atoms with Crippen LogP contribution in [0.4, 0.5) is 0 Å². The molecule has 2 aliphatic rings. The molecule has 9 heteroatoms. The molecule has 2 aromatic heterocycles. The van der Waals surface area contributed by atoms with Crippen molar-refractivity contribution in [3.8, 4) is 10.7 Å². The molecular formula is C18H22ClN7S. The van der Waals surface area contributed by atoms with Gasteiger partial charge in [-0.15, -0.1) is 11.3 Å². The Hall–Kier alpha value is -2.06. The number of halogens is 1. The Morgan fingerprint density at radius 1 is 1.26 bits per heavy atom. The van der Waals surface area contributed by atoms with Gasteiger partial charge in [0.2, 0.25) is 0 Å². The van der Waals surface area contributed by atoms with Crippen LogP contribution in [0, 0.1) is 0 Å². The molecule has 2 atom stereocenters. The van der Waals surface area contributed by atoms with Crippen molar-refractivity contribution in [1.82, 2.24) is 19.7 Å². The summed E-state index contributed by atoms with van der Waals surface area (Å²) < 4.78 is 1.74. The molecule has 4 rings (SSSR count). The summed E-state index contributed by atoms with van der Waals surface area (Å²) >= 11 is 8.11. The van der Waals surface area contributed by atoms with Gasteiger partial charge in [-0.1, -0.05) is 25.4 Å². The van der Waals surface area contributed by atoms with Gasteiger partial charge in [0, 0.05) is 13.1 Å². The normalized spacial score (nSPS) is 21.6. The molecule has 2 unspecified atom stereocenters. The van der Waals surface area contributed by atoms with E-state index in [1.54, 1.807) is 16.0 Å². The minimum absolute atomic E-state index is 0.0457. The van der Waals surface area contributed by atoms with E-state index in [4.69, 9.17) is 21.6 Å². The molecule has 0 saturated carbocycles. The third-order valence-electron chi connectivity index (χ3n) is 5.05. The van der Waals surface area contributed by atoms with Crippen LogP contribution in [-0.2, 0) is 7.05 Å². The number of thiophene rings is 1. The Kier molecular flexibility index (Phi) is 4.86. The summed E-state index contributed by atoms with van der Waals surface area (Å²) in [6, 6.07) is 2.35. The lowest BCUT2D eigenvalue weighted by Gasteiger charge is -2.32. The third-order valence-corrected chi connectivity index (χ3v) is 6.60. The predicted molar refractivity (Wildman–Crippen MR) is 111 cm³/mol. The topological polar surface area (TPSA) is 71.0 Å². The molecule has 0 aliphatic carbocycles. The predicted octanol–water partition coefficient (Wildman–Crippen LogP) is 3.65. The Bertz CT molecular complexity index is 937. The van der Waals surface area contributed by atoms with E-state index in [2.05, 4.69) is 33.8 Å². The van der Waals surface area contributed by atoms with Crippen molar-refractivity contribution in [3.63, 3.8) is 0 Å². The summed E-state index contributed by atoms with van der Waals surface area (Å²) in [5, 5.41) is 4.79. The monoisotopic (exact) mass is 403 g/mol. The zero-order valence-electron chi connectivity index (χ0n) is 15.8. The van der Waals surface area contributed by atoms with Crippen LogP contribution >= 0.6 is 22.9 Å². The second-order valence-corrected chi connectivity index (χ2v) is 8.16. The van der Waals surface area contributed by atoms with Gasteiger partial charge in [-0.05, 0) is 25.8 Å². The standard InChI is InChI=1S/C18H22ClN7S/c1-5-11(6-2)26-9-21-16-18(26)23-10(3)14(24-16)15-12(19)7-13(27-15)17-20-8-22-25(17)4/h7-9,11,16,18H,5-6H2,1-4H3. The molecule has 4 heterocycles. The summed E-state index contributed by atoms with van der Waals surface area (Å²) in [5.74, 6) is 0.788. The van der Waals surface area contributed by atoms with E-state index < -0.39 is 0 Å². The number of fused-ring (bicyclic) bond motifs is 1. The van der Waals surface area contributed by atoms with Gasteiger partial charge in [0.15, 0.2) is 18.2 Å². The van der Waals surface area contributed by atoms with Gasteiger partial charge in [-0.25, -0.2) is 14.7 Å². The summed E-state index contributed by atoms with van der Waals surface area (Å²) in [7, 11) is 1.87. The summed E-state index contributed by atoms with van der Waals surface area (Å²) in [6.07, 6.45) is 5.33. The Balaban J connectivity index is 1.66. The first kappa shape index (κ1) is 18.3. The maximum absolute atomic E-state index is 6.55. The first-order valence-corrected chi connectivity index (χ1v) is 10.3. The molecule has 0 fully saturated rings. The average Bonchev–Trinajstić information content (AvgIpc) is 3.35. The molecule has 0 radical (unpaired) electrons. The highest BCUT2D eigenvalue weighted by atomic mass is 35.5. The van der Waals surface area contributed by atoms with Crippen LogP contribution in [0.5, 0.6) is 0 Å². The zero-order chi connectivity index (χ0) is 19.1. The molecule has 2 aliphatic heterocycles. The maximum Gasteiger partial charge on any atom is 0.182 e. The molecule has 0 bridgehead atoms. The quantitative estimate of drug-likeness (QED) is 0.765. The van der Waals surface area contributed by atoms with E-state index in [1.807, 2.05) is 26.4 Å². The highest BCUT2D eigenvalue weighted by Gasteiger charge is 2.37. The van der Waals surface area contributed by atoms with Gasteiger partial charge in [-0.2, -0.15) is 5.10 Å². The van der Waals surface area contributed by atoms with Gasteiger partial charge < -0.3 is 4.90 Å². The molecule has 0 saturated heterocycles. The lowest BCUT2D eigenvalue weighted by molar-refractivity contribution is 0.234. The minimum atomic E-state index is -0.208. The Morgan fingerprint density at radius 3 is 2.70 bits per heavy atom. The van der Waals surface area contributed by atoms with Gasteiger partial charge in [0.05, 0.1) is 32.5 Å². The largest absolute Gasteiger partial charge is 0.334 e. The fourth-order valence-corrected chi connectivity index (χ4v) is 5.07. The van der Waals surface area contributed by atoms with E-state index in [-0.39, 0.29) is 12.3 Å². The van der Waals surface area contributed by atoms with Crippen LogP contribution in [0.1, 0.15) is 38.5 Å². The lowest BCUT2D eigenvalue weighted by atomic mass is 10.1. The molecule has 0 amide bonds. The van der Waals surface area contributed by atoms with Gasteiger partial charge in [0.25, 0.3) is 0 Å². The first-order chi connectivity index (χ1) is 13.0. The average molecular weight is 404 g/mol. The SMILES string of the molecule is CCC(CC)N1C=NC2N=C(c3sc(-c4ncnn4C)cc3Cl)C(C)=NC21. The smallest absolute Gasteiger partial charge is 0.182 e. The van der Waals surface area contributed by atoms with E-state index in [0.717, 1.165) is 39.8 Å². The molecule has 0 N–H and O–H groups in total. The second-order valence-electron chi connectivity index (χ2n) is 6.70. The lowest BCUT2D eigenvalue weighted by Crippen LogP contribution is -2.44. The van der Waals surface area contributed by atoms with Crippen LogP contribution in [0.3, 0.4) is 0 Å². The van der Waals surface area contributed by atoms with Crippen LogP contribution in [0.15, 0.2) is 27.4 Å². The molecule has 7 nitrogen and oxygen atoms in total. The maximum atomic E-state index is 6.55. The molecular weight excluding hydrogens is 382 g/mol. The van der Waals surface area contributed by atoms with Crippen molar-refractivity contribution in [2.24, 2.45) is 22.0 Å². The summed E-state index contributed by atoms with van der Waals surface area (Å²) in [5.41, 5.74) is 1.72. The number of aliphatic imine (C=N–C) groups is 3. The number of aromatic nitrogens is 3. The van der Waals surface area contributed by atoms with E-state index >= 15 is 0 Å². The Labute approximate surface area is 167 Å². The van der Waals surface area contributed by atoms with Gasteiger partial charge >= 0.3 is 0 Å².